The van der Waals surface area contributed by atoms with E-state index in [9.17, 15) is 0 Å². The maximum absolute atomic E-state index is 5.30. The average Bonchev–Trinajstić information content (AvgIpc) is 3.01. The van der Waals surface area contributed by atoms with Crippen molar-refractivity contribution in [2.24, 2.45) is 0 Å². The zero-order valence-corrected chi connectivity index (χ0v) is 23.1. The maximum Gasteiger partial charge on any atom is 0.119 e. The van der Waals surface area contributed by atoms with E-state index in [1.165, 1.54) is 27.8 Å². The van der Waals surface area contributed by atoms with E-state index in [0.717, 1.165) is 37.1 Å². The number of benzene rings is 4. The van der Waals surface area contributed by atoms with Gasteiger partial charge < -0.3 is 10.1 Å². The molecule has 0 saturated carbocycles. The molecule has 0 bridgehead atoms. The number of hydrogen-bond acceptors (Lipinski definition) is 2. The van der Waals surface area contributed by atoms with Gasteiger partial charge in [0.2, 0.25) is 0 Å². The zero-order chi connectivity index (χ0) is 27.1. The molecule has 0 aliphatic carbocycles. The van der Waals surface area contributed by atoms with Gasteiger partial charge in [-0.2, -0.15) is 0 Å². The Hall–Kier alpha value is -4.30. The van der Waals surface area contributed by atoms with Crippen LogP contribution in [0.5, 0.6) is 5.75 Å². The molecule has 1 N–H and O–H groups in total. The monoisotopic (exact) mass is 513 g/mol. The number of unbranched alkanes of at least 4 members (excludes halogenated alkanes) is 1. The van der Waals surface area contributed by atoms with Gasteiger partial charge >= 0.3 is 0 Å². The van der Waals surface area contributed by atoms with Crippen molar-refractivity contribution in [3.05, 3.63) is 156 Å². The van der Waals surface area contributed by atoms with Crippen molar-refractivity contribution in [2.45, 2.75) is 38.6 Å². The standard InChI is InChI=1S/C37H39NO/c1-30(31-18-10-7-11-19-31)36(32-20-12-8-13-21-32)24-16-5-3-4-6-17-25-37(33-22-14-9-15-23-33)38-34-26-28-35(39-2)29-27-34/h5-23,26-29,37-38H,3-4,24-25H2,1-2H3/b16-5+,17-6+,36-30-. The minimum absolute atomic E-state index is 0.214. The Bertz CT molecular complexity index is 1340. The van der Waals surface area contributed by atoms with Gasteiger partial charge in [-0.3, -0.25) is 0 Å². The van der Waals surface area contributed by atoms with Crippen LogP contribution in [-0.2, 0) is 0 Å². The SMILES string of the molecule is COc1ccc(NC(C/C=C/CC/C=C/C/C(=C(\C)c2ccccc2)c2ccccc2)c2ccccc2)cc1. The van der Waals surface area contributed by atoms with Crippen LogP contribution in [0.15, 0.2) is 140 Å². The van der Waals surface area contributed by atoms with Gasteiger partial charge in [0.15, 0.2) is 0 Å². The van der Waals surface area contributed by atoms with Crippen LogP contribution in [0.1, 0.15) is 55.3 Å². The highest BCUT2D eigenvalue weighted by Gasteiger charge is 2.10. The molecule has 198 valence electrons. The highest BCUT2D eigenvalue weighted by atomic mass is 16.5. The van der Waals surface area contributed by atoms with Crippen molar-refractivity contribution in [3.63, 3.8) is 0 Å². The number of hydrogen-bond donors (Lipinski definition) is 1. The van der Waals surface area contributed by atoms with E-state index in [4.69, 9.17) is 4.74 Å². The first kappa shape index (κ1) is 27.7. The van der Waals surface area contributed by atoms with E-state index < -0.39 is 0 Å². The molecular weight excluding hydrogens is 474 g/mol. The van der Waals surface area contributed by atoms with Crippen molar-refractivity contribution < 1.29 is 4.74 Å². The Morgan fingerprint density at radius 3 is 1.85 bits per heavy atom. The van der Waals surface area contributed by atoms with E-state index >= 15 is 0 Å². The van der Waals surface area contributed by atoms with Crippen LogP contribution in [-0.4, -0.2) is 7.11 Å². The Morgan fingerprint density at radius 1 is 0.667 bits per heavy atom. The van der Waals surface area contributed by atoms with Crippen molar-refractivity contribution >= 4 is 16.8 Å². The number of methoxy groups -OCH3 is 1. The van der Waals surface area contributed by atoms with E-state index in [1.54, 1.807) is 7.11 Å². The first-order valence-electron chi connectivity index (χ1n) is 13.8. The first-order valence-corrected chi connectivity index (χ1v) is 13.8. The Kier molecular flexibility index (Phi) is 10.8. The molecule has 0 amide bonds. The average molecular weight is 514 g/mol. The summed E-state index contributed by atoms with van der Waals surface area (Å²) in [6, 6.07) is 40.4. The fourth-order valence-corrected chi connectivity index (χ4v) is 4.70. The molecule has 4 aromatic carbocycles. The van der Waals surface area contributed by atoms with Crippen molar-refractivity contribution in [1.82, 2.24) is 0 Å². The fraction of sp³-hybridized carbons (Fsp3) is 0.189. The molecule has 39 heavy (non-hydrogen) atoms. The molecular formula is C37H39NO. The topological polar surface area (TPSA) is 21.3 Å². The van der Waals surface area contributed by atoms with Gasteiger partial charge in [0.25, 0.3) is 0 Å². The van der Waals surface area contributed by atoms with Gasteiger partial charge in [0.1, 0.15) is 5.75 Å². The number of rotatable bonds is 13. The Balaban J connectivity index is 1.33. The van der Waals surface area contributed by atoms with Crippen LogP contribution in [0.3, 0.4) is 0 Å². The molecule has 0 aliphatic rings. The molecule has 0 spiro atoms. The van der Waals surface area contributed by atoms with Gasteiger partial charge in [-0.15, -0.1) is 0 Å². The van der Waals surface area contributed by atoms with E-state index in [1.807, 2.05) is 12.1 Å². The van der Waals surface area contributed by atoms with E-state index in [0.29, 0.717) is 0 Å². The molecule has 2 nitrogen and oxygen atoms in total. The quantitative estimate of drug-likeness (QED) is 0.109. The predicted molar refractivity (Wildman–Crippen MR) is 168 cm³/mol. The van der Waals surface area contributed by atoms with Crippen molar-refractivity contribution in [3.8, 4) is 5.75 Å². The summed E-state index contributed by atoms with van der Waals surface area (Å²) in [6.07, 6.45) is 13.2. The molecule has 2 heteroatoms. The molecule has 0 radical (unpaired) electrons. The maximum atomic E-state index is 5.30. The zero-order valence-electron chi connectivity index (χ0n) is 23.1. The second kappa shape index (κ2) is 15.2. The van der Waals surface area contributed by atoms with E-state index in [-0.39, 0.29) is 6.04 Å². The van der Waals surface area contributed by atoms with Crippen LogP contribution in [0.4, 0.5) is 5.69 Å². The van der Waals surface area contributed by atoms with Gasteiger partial charge in [-0.05, 0) is 84.7 Å². The highest BCUT2D eigenvalue weighted by molar-refractivity contribution is 5.90. The fourth-order valence-electron chi connectivity index (χ4n) is 4.70. The lowest BCUT2D eigenvalue weighted by atomic mass is 9.93. The summed E-state index contributed by atoms with van der Waals surface area (Å²) in [5, 5.41) is 3.68. The summed E-state index contributed by atoms with van der Waals surface area (Å²) >= 11 is 0. The minimum Gasteiger partial charge on any atom is -0.497 e. The van der Waals surface area contributed by atoms with Crippen LogP contribution >= 0.6 is 0 Å². The molecule has 4 aromatic rings. The Labute approximate surface area is 234 Å². The molecule has 1 atom stereocenters. The van der Waals surface area contributed by atoms with Crippen LogP contribution in [0, 0.1) is 0 Å². The lowest BCUT2D eigenvalue weighted by Crippen LogP contribution is -2.09. The third kappa shape index (κ3) is 8.61. The predicted octanol–water partition coefficient (Wildman–Crippen LogP) is 10.2. The van der Waals surface area contributed by atoms with Gasteiger partial charge in [0, 0.05) is 5.69 Å². The minimum atomic E-state index is 0.214. The molecule has 0 aliphatic heterocycles. The van der Waals surface area contributed by atoms with Crippen LogP contribution < -0.4 is 10.1 Å². The third-order valence-corrected chi connectivity index (χ3v) is 6.94. The highest BCUT2D eigenvalue weighted by Crippen LogP contribution is 2.29. The normalized spacial score (nSPS) is 12.9. The summed E-state index contributed by atoms with van der Waals surface area (Å²) in [7, 11) is 1.69. The molecule has 4 rings (SSSR count). The first-order chi connectivity index (χ1) is 19.2. The molecule has 0 saturated heterocycles. The van der Waals surface area contributed by atoms with Crippen molar-refractivity contribution in [1.29, 1.82) is 0 Å². The number of anilines is 1. The smallest absolute Gasteiger partial charge is 0.119 e. The van der Waals surface area contributed by atoms with Gasteiger partial charge in [-0.25, -0.2) is 0 Å². The second-order valence-electron chi connectivity index (χ2n) is 9.63. The lowest BCUT2D eigenvalue weighted by molar-refractivity contribution is 0.415. The van der Waals surface area contributed by atoms with E-state index in [2.05, 4.69) is 140 Å². The number of allylic oxidation sites excluding steroid dienone is 5. The number of nitrogens with one attached hydrogen (secondary N) is 1. The van der Waals surface area contributed by atoms with Gasteiger partial charge in [0.05, 0.1) is 13.2 Å². The lowest BCUT2D eigenvalue weighted by Gasteiger charge is -2.19. The number of ether oxygens (including phenoxy) is 1. The second-order valence-corrected chi connectivity index (χ2v) is 9.63. The summed E-state index contributed by atoms with van der Waals surface area (Å²) in [5.41, 5.74) is 7.66. The summed E-state index contributed by atoms with van der Waals surface area (Å²) in [5.74, 6) is 0.867. The van der Waals surface area contributed by atoms with Crippen LogP contribution in [0.2, 0.25) is 0 Å². The Morgan fingerprint density at radius 2 is 1.23 bits per heavy atom. The largest absolute Gasteiger partial charge is 0.497 e. The van der Waals surface area contributed by atoms with Crippen molar-refractivity contribution in [2.75, 3.05) is 12.4 Å². The molecule has 0 fully saturated rings. The summed E-state index contributed by atoms with van der Waals surface area (Å²) in [4.78, 5) is 0. The van der Waals surface area contributed by atoms with Crippen LogP contribution in [0.25, 0.3) is 11.1 Å². The molecule has 0 aromatic heterocycles. The van der Waals surface area contributed by atoms with Gasteiger partial charge in [-0.1, -0.05) is 115 Å². The summed E-state index contributed by atoms with van der Waals surface area (Å²) in [6.45, 7) is 2.23. The molecule has 0 heterocycles. The summed E-state index contributed by atoms with van der Waals surface area (Å²) < 4.78 is 5.30. The molecule has 1 unspecified atom stereocenters. The third-order valence-electron chi connectivity index (χ3n) is 6.94.